The molecule has 5 nitrogen and oxygen atoms in total. The van der Waals surface area contributed by atoms with Gasteiger partial charge >= 0.3 is 0 Å². The number of nitrogens with zero attached hydrogens (tertiary/aromatic N) is 2. The highest BCUT2D eigenvalue weighted by atomic mass is 32.2. The topological polar surface area (TPSA) is 62.3 Å². The summed E-state index contributed by atoms with van der Waals surface area (Å²) in [5.74, 6) is 0.554. The molecule has 1 aromatic carbocycles. The van der Waals surface area contributed by atoms with E-state index in [-0.39, 0.29) is 24.4 Å². The molecule has 0 saturated carbocycles. The fourth-order valence-electron chi connectivity index (χ4n) is 2.34. The predicted octanol–water partition coefficient (Wildman–Crippen LogP) is 3.73. The number of benzene rings is 1. The number of hydrogen-bond acceptors (Lipinski definition) is 5. The van der Waals surface area contributed by atoms with Crippen LogP contribution in [0, 0.1) is 6.92 Å². The first-order chi connectivity index (χ1) is 12.4. The first-order valence-electron chi connectivity index (χ1n) is 8.61. The lowest BCUT2D eigenvalue weighted by atomic mass is 10.1. The molecule has 0 spiro atoms. The predicted molar refractivity (Wildman–Crippen MR) is 108 cm³/mol. The molecule has 1 heterocycles. The SMILES string of the molecule is CCN(CC(=O)NC(C)C)C(=O)c1ccc(CSc2nc(C)cs2)cc1. The lowest BCUT2D eigenvalue weighted by Gasteiger charge is -2.21. The van der Waals surface area contributed by atoms with Crippen molar-refractivity contribution in [2.24, 2.45) is 0 Å². The minimum atomic E-state index is -0.137. The Morgan fingerprint density at radius 3 is 2.50 bits per heavy atom. The summed E-state index contributed by atoms with van der Waals surface area (Å²) in [6.07, 6.45) is 0. The Bertz CT molecular complexity index is 741. The second-order valence-electron chi connectivity index (χ2n) is 6.28. The molecular formula is C19H25N3O2S2. The second kappa shape index (κ2) is 9.73. The largest absolute Gasteiger partial charge is 0.352 e. The highest BCUT2D eigenvalue weighted by Gasteiger charge is 2.17. The number of thiazole rings is 1. The minimum absolute atomic E-state index is 0.0646. The third-order valence-corrected chi connectivity index (χ3v) is 5.82. The lowest BCUT2D eigenvalue weighted by molar-refractivity contribution is -0.122. The number of aromatic nitrogens is 1. The van der Waals surface area contributed by atoms with E-state index in [2.05, 4.69) is 10.3 Å². The van der Waals surface area contributed by atoms with Crippen molar-refractivity contribution in [1.29, 1.82) is 0 Å². The standard InChI is InChI=1S/C19H25N3O2S2/c1-5-22(10-17(23)20-13(2)3)18(24)16-8-6-15(7-9-16)12-26-19-21-14(4)11-25-19/h6-9,11,13H,5,10,12H2,1-4H3,(H,20,23). The van der Waals surface area contributed by atoms with Gasteiger partial charge < -0.3 is 10.2 Å². The summed E-state index contributed by atoms with van der Waals surface area (Å²) in [7, 11) is 0. The van der Waals surface area contributed by atoms with Crippen molar-refractivity contribution < 1.29 is 9.59 Å². The van der Waals surface area contributed by atoms with E-state index in [4.69, 9.17) is 0 Å². The van der Waals surface area contributed by atoms with E-state index in [9.17, 15) is 9.59 Å². The van der Waals surface area contributed by atoms with Gasteiger partial charge in [0, 0.05) is 35.0 Å². The van der Waals surface area contributed by atoms with Crippen LogP contribution in [0.2, 0.25) is 0 Å². The third kappa shape index (κ3) is 6.14. The molecule has 2 amide bonds. The molecule has 2 aromatic rings. The number of aryl methyl sites for hydroxylation is 1. The van der Waals surface area contributed by atoms with Gasteiger partial charge in [0.1, 0.15) is 4.34 Å². The van der Waals surface area contributed by atoms with Crippen molar-refractivity contribution in [1.82, 2.24) is 15.2 Å². The van der Waals surface area contributed by atoms with Crippen molar-refractivity contribution in [3.63, 3.8) is 0 Å². The van der Waals surface area contributed by atoms with E-state index >= 15 is 0 Å². The van der Waals surface area contributed by atoms with E-state index in [1.165, 1.54) is 0 Å². The van der Waals surface area contributed by atoms with Crippen LogP contribution in [0.4, 0.5) is 0 Å². The minimum Gasteiger partial charge on any atom is -0.352 e. The fourth-order valence-corrected chi connectivity index (χ4v) is 4.14. The number of carbonyl (C=O) groups excluding carboxylic acids is 2. The molecule has 0 radical (unpaired) electrons. The van der Waals surface area contributed by atoms with E-state index in [0.29, 0.717) is 12.1 Å². The molecule has 2 rings (SSSR count). The third-order valence-electron chi connectivity index (χ3n) is 3.61. The number of rotatable bonds is 8. The molecule has 0 saturated heterocycles. The highest BCUT2D eigenvalue weighted by molar-refractivity contribution is 8.00. The van der Waals surface area contributed by atoms with Crippen LogP contribution >= 0.6 is 23.1 Å². The van der Waals surface area contributed by atoms with Gasteiger partial charge in [-0.25, -0.2) is 4.98 Å². The van der Waals surface area contributed by atoms with Crippen LogP contribution in [0.25, 0.3) is 0 Å². The Hall–Kier alpha value is -1.86. The molecule has 0 aliphatic heterocycles. The van der Waals surface area contributed by atoms with Gasteiger partial charge in [-0.05, 0) is 45.4 Å². The number of hydrogen-bond donors (Lipinski definition) is 1. The summed E-state index contributed by atoms with van der Waals surface area (Å²) in [6, 6.07) is 7.64. The highest BCUT2D eigenvalue weighted by Crippen LogP contribution is 2.26. The molecule has 0 aliphatic carbocycles. The maximum atomic E-state index is 12.6. The molecule has 0 atom stereocenters. The van der Waals surface area contributed by atoms with Gasteiger partial charge in [-0.2, -0.15) is 0 Å². The molecule has 0 unspecified atom stereocenters. The Labute approximate surface area is 163 Å². The van der Waals surface area contributed by atoms with Gasteiger partial charge in [-0.1, -0.05) is 23.9 Å². The maximum absolute atomic E-state index is 12.6. The summed E-state index contributed by atoms with van der Waals surface area (Å²) in [4.78, 5) is 30.5. The van der Waals surface area contributed by atoms with Gasteiger partial charge in [0.05, 0.1) is 6.54 Å². The van der Waals surface area contributed by atoms with Crippen LogP contribution in [0.1, 0.15) is 42.4 Å². The van der Waals surface area contributed by atoms with Crippen molar-refractivity contribution >= 4 is 34.9 Å². The van der Waals surface area contributed by atoms with Gasteiger partial charge in [0.2, 0.25) is 5.91 Å². The smallest absolute Gasteiger partial charge is 0.254 e. The van der Waals surface area contributed by atoms with Crippen LogP contribution in [0.3, 0.4) is 0 Å². The molecule has 1 aromatic heterocycles. The zero-order chi connectivity index (χ0) is 19.1. The van der Waals surface area contributed by atoms with Gasteiger partial charge in [0.15, 0.2) is 0 Å². The summed E-state index contributed by atoms with van der Waals surface area (Å²) in [6.45, 7) is 8.24. The Morgan fingerprint density at radius 1 is 1.27 bits per heavy atom. The fraction of sp³-hybridized carbons (Fsp3) is 0.421. The summed E-state index contributed by atoms with van der Waals surface area (Å²) >= 11 is 3.34. The first kappa shape index (κ1) is 20.5. The monoisotopic (exact) mass is 391 g/mol. The van der Waals surface area contributed by atoms with Crippen molar-refractivity contribution in [3.8, 4) is 0 Å². The zero-order valence-electron chi connectivity index (χ0n) is 15.6. The van der Waals surface area contributed by atoms with Crippen molar-refractivity contribution in [2.75, 3.05) is 13.1 Å². The van der Waals surface area contributed by atoms with E-state index < -0.39 is 0 Å². The number of likely N-dealkylation sites (N-methyl/N-ethyl adjacent to an activating group) is 1. The van der Waals surface area contributed by atoms with Crippen molar-refractivity contribution in [3.05, 3.63) is 46.5 Å². The summed E-state index contributed by atoms with van der Waals surface area (Å²) < 4.78 is 1.05. The van der Waals surface area contributed by atoms with E-state index in [1.54, 1.807) is 28.0 Å². The number of amides is 2. The Morgan fingerprint density at radius 2 is 1.96 bits per heavy atom. The van der Waals surface area contributed by atoms with Crippen LogP contribution in [0.5, 0.6) is 0 Å². The van der Waals surface area contributed by atoms with Gasteiger partial charge in [-0.15, -0.1) is 11.3 Å². The number of nitrogens with one attached hydrogen (secondary N) is 1. The second-order valence-corrected chi connectivity index (χ2v) is 8.36. The van der Waals surface area contributed by atoms with Crippen LogP contribution in [-0.4, -0.2) is 40.8 Å². The van der Waals surface area contributed by atoms with Crippen LogP contribution in [-0.2, 0) is 10.5 Å². The Balaban J connectivity index is 1.94. The molecule has 26 heavy (non-hydrogen) atoms. The molecule has 140 valence electrons. The zero-order valence-corrected chi connectivity index (χ0v) is 17.2. The average molecular weight is 392 g/mol. The summed E-state index contributed by atoms with van der Waals surface area (Å²) in [5, 5.41) is 4.86. The quantitative estimate of drug-likeness (QED) is 0.697. The molecule has 0 fully saturated rings. The molecule has 0 aliphatic rings. The van der Waals surface area contributed by atoms with Crippen LogP contribution < -0.4 is 5.32 Å². The number of carbonyl (C=O) groups is 2. The van der Waals surface area contributed by atoms with Gasteiger partial charge in [-0.3, -0.25) is 9.59 Å². The van der Waals surface area contributed by atoms with Crippen molar-refractivity contribution in [2.45, 2.75) is 43.8 Å². The lowest BCUT2D eigenvalue weighted by Crippen LogP contribution is -2.42. The molecule has 7 heteroatoms. The summed E-state index contributed by atoms with van der Waals surface area (Å²) in [5.41, 5.74) is 2.78. The normalized spacial score (nSPS) is 10.8. The molecule has 0 bridgehead atoms. The van der Waals surface area contributed by atoms with Crippen LogP contribution in [0.15, 0.2) is 34.0 Å². The first-order valence-corrected chi connectivity index (χ1v) is 10.5. The molecular weight excluding hydrogens is 366 g/mol. The van der Waals surface area contributed by atoms with E-state index in [1.807, 2.05) is 57.3 Å². The van der Waals surface area contributed by atoms with Gasteiger partial charge in [0.25, 0.3) is 5.91 Å². The number of thioether (sulfide) groups is 1. The van der Waals surface area contributed by atoms with E-state index in [0.717, 1.165) is 21.3 Å². The average Bonchev–Trinajstić information content (AvgIpc) is 3.02. The Kier molecular flexibility index (Phi) is 7.66. The maximum Gasteiger partial charge on any atom is 0.254 e. The molecule has 1 N–H and O–H groups in total.